The maximum atomic E-state index is 12.0. The molecule has 0 bridgehead atoms. The van der Waals surface area contributed by atoms with Crippen LogP contribution in [0.2, 0.25) is 0 Å². The second-order valence-corrected chi connectivity index (χ2v) is 7.11. The van der Waals surface area contributed by atoms with Gasteiger partial charge in [-0.3, -0.25) is 4.90 Å². The highest BCUT2D eigenvalue weighted by molar-refractivity contribution is 7.13. The normalized spacial score (nSPS) is 11.1. The van der Waals surface area contributed by atoms with Gasteiger partial charge in [-0.1, -0.05) is 12.1 Å². The summed E-state index contributed by atoms with van der Waals surface area (Å²) < 4.78 is 17.2. The summed E-state index contributed by atoms with van der Waals surface area (Å²) in [5.41, 5.74) is 1.18. The summed E-state index contributed by atoms with van der Waals surface area (Å²) in [6.45, 7) is 1.21. The van der Waals surface area contributed by atoms with E-state index in [9.17, 15) is 4.79 Å². The van der Waals surface area contributed by atoms with E-state index in [1.807, 2.05) is 47.7 Å². The van der Waals surface area contributed by atoms with Crippen molar-refractivity contribution in [2.75, 3.05) is 27.8 Å². The number of aryl methyl sites for hydroxylation is 1. The van der Waals surface area contributed by atoms with Gasteiger partial charge in [0.25, 0.3) is 5.89 Å². The molecule has 0 fully saturated rings. The number of methoxy groups -OCH3 is 2. The minimum Gasteiger partial charge on any atom is -0.493 e. The van der Waals surface area contributed by atoms with E-state index >= 15 is 0 Å². The maximum absolute atomic E-state index is 12.0. The van der Waals surface area contributed by atoms with Crippen LogP contribution in [0.3, 0.4) is 0 Å². The van der Waals surface area contributed by atoms with E-state index in [1.54, 1.807) is 14.2 Å². The third-order valence-corrected chi connectivity index (χ3v) is 5.02. The molecule has 3 aromatic rings. The van der Waals surface area contributed by atoms with Gasteiger partial charge in [-0.2, -0.15) is 4.68 Å². The van der Waals surface area contributed by atoms with Crippen molar-refractivity contribution in [3.05, 3.63) is 51.8 Å². The Bertz CT molecular complexity index is 917. The van der Waals surface area contributed by atoms with Crippen LogP contribution in [-0.2, 0) is 13.1 Å². The Hall–Kier alpha value is -2.58. The summed E-state index contributed by atoms with van der Waals surface area (Å²) in [6.07, 6.45) is 1.84. The molecule has 0 unspecified atom stereocenters. The van der Waals surface area contributed by atoms with Gasteiger partial charge in [0.05, 0.1) is 25.8 Å². The zero-order valence-corrected chi connectivity index (χ0v) is 16.5. The molecule has 0 amide bonds. The van der Waals surface area contributed by atoms with Gasteiger partial charge in [-0.15, -0.1) is 16.4 Å². The van der Waals surface area contributed by atoms with Crippen LogP contribution in [0.1, 0.15) is 12.0 Å². The molecule has 2 aromatic heterocycles. The molecule has 7 nitrogen and oxygen atoms in total. The molecule has 0 saturated carbocycles. The number of ether oxygens (including phenoxy) is 2. The predicted molar refractivity (Wildman–Crippen MR) is 105 cm³/mol. The van der Waals surface area contributed by atoms with Crippen LogP contribution in [0.5, 0.6) is 11.5 Å². The minimum absolute atomic E-state index is 0.369. The van der Waals surface area contributed by atoms with Crippen molar-refractivity contribution in [1.82, 2.24) is 14.7 Å². The van der Waals surface area contributed by atoms with E-state index in [-0.39, 0.29) is 0 Å². The molecule has 0 aliphatic heterocycles. The van der Waals surface area contributed by atoms with E-state index < -0.39 is 5.76 Å². The average molecular weight is 389 g/mol. The summed E-state index contributed by atoms with van der Waals surface area (Å²) in [4.78, 5) is 14.9. The van der Waals surface area contributed by atoms with Crippen molar-refractivity contribution in [2.45, 2.75) is 19.5 Å². The summed E-state index contributed by atoms with van der Waals surface area (Å²) in [5, 5.41) is 6.20. The molecule has 0 radical (unpaired) electrons. The minimum atomic E-state index is -0.440. The Morgan fingerprint density at radius 3 is 2.74 bits per heavy atom. The van der Waals surface area contributed by atoms with E-state index in [2.05, 4.69) is 5.10 Å². The topological polar surface area (TPSA) is 69.7 Å². The highest BCUT2D eigenvalue weighted by Gasteiger charge is 2.12. The molecule has 2 heterocycles. The van der Waals surface area contributed by atoms with Crippen molar-refractivity contribution in [2.24, 2.45) is 0 Å². The Morgan fingerprint density at radius 2 is 2.04 bits per heavy atom. The van der Waals surface area contributed by atoms with Crippen molar-refractivity contribution in [1.29, 1.82) is 0 Å². The van der Waals surface area contributed by atoms with Gasteiger partial charge in [0.1, 0.15) is 0 Å². The first-order chi connectivity index (χ1) is 13.1. The molecule has 0 spiro atoms. The van der Waals surface area contributed by atoms with E-state index in [4.69, 9.17) is 13.9 Å². The highest BCUT2D eigenvalue weighted by Crippen LogP contribution is 2.28. The summed E-state index contributed by atoms with van der Waals surface area (Å²) in [7, 11) is 5.22. The fraction of sp³-hybridized carbons (Fsp3) is 0.368. The first-order valence-electron chi connectivity index (χ1n) is 8.62. The summed E-state index contributed by atoms with van der Waals surface area (Å²) in [6, 6.07) is 9.73. The molecule has 0 saturated heterocycles. The van der Waals surface area contributed by atoms with Gasteiger partial charge >= 0.3 is 5.76 Å². The van der Waals surface area contributed by atoms with Crippen molar-refractivity contribution in [3.8, 4) is 22.3 Å². The van der Waals surface area contributed by atoms with Crippen LogP contribution in [0, 0.1) is 0 Å². The van der Waals surface area contributed by atoms with Crippen LogP contribution in [0.4, 0.5) is 0 Å². The summed E-state index contributed by atoms with van der Waals surface area (Å²) >= 11 is 1.49. The van der Waals surface area contributed by atoms with Crippen LogP contribution in [0.25, 0.3) is 10.8 Å². The van der Waals surface area contributed by atoms with E-state index in [1.165, 1.54) is 21.6 Å². The molecule has 144 valence electrons. The maximum Gasteiger partial charge on any atom is 0.438 e. The largest absolute Gasteiger partial charge is 0.493 e. The molecular formula is C19H23N3O4S. The third-order valence-electron chi connectivity index (χ3n) is 4.17. The van der Waals surface area contributed by atoms with Crippen LogP contribution < -0.4 is 15.2 Å². The quantitative estimate of drug-likeness (QED) is 0.560. The van der Waals surface area contributed by atoms with Crippen molar-refractivity contribution >= 4 is 11.3 Å². The standard InChI is InChI=1S/C19H23N3O4S/c1-21(10-4-6-14-8-9-15(24-2)16(12-14)25-3)13-22-19(23)26-18(20-22)17-7-5-11-27-17/h5,7-9,11-12H,4,6,10,13H2,1-3H3. The van der Waals surface area contributed by atoms with Gasteiger partial charge in [0, 0.05) is 0 Å². The monoisotopic (exact) mass is 389 g/mol. The number of aromatic nitrogens is 2. The SMILES string of the molecule is COc1ccc(CCCN(C)Cn2nc(-c3cccs3)oc2=O)cc1OC. The number of hydrogen-bond donors (Lipinski definition) is 0. The van der Waals surface area contributed by atoms with Gasteiger partial charge in [-0.25, -0.2) is 4.79 Å². The number of rotatable bonds is 9. The van der Waals surface area contributed by atoms with Crippen molar-refractivity contribution < 1.29 is 13.9 Å². The number of thiophene rings is 1. The van der Waals surface area contributed by atoms with Crippen LogP contribution in [0.15, 0.2) is 44.9 Å². The van der Waals surface area contributed by atoms with Gasteiger partial charge in [0.15, 0.2) is 11.5 Å². The summed E-state index contributed by atoms with van der Waals surface area (Å²) in [5.74, 6) is 1.39. The van der Waals surface area contributed by atoms with Gasteiger partial charge in [0.2, 0.25) is 0 Å². The lowest BCUT2D eigenvalue weighted by molar-refractivity contribution is 0.242. The lowest BCUT2D eigenvalue weighted by atomic mass is 10.1. The second-order valence-electron chi connectivity index (χ2n) is 6.16. The van der Waals surface area contributed by atoms with Crippen LogP contribution in [-0.4, -0.2) is 42.5 Å². The van der Waals surface area contributed by atoms with Crippen LogP contribution >= 0.6 is 11.3 Å². The molecular weight excluding hydrogens is 366 g/mol. The first kappa shape index (κ1) is 19.2. The molecule has 0 N–H and O–H groups in total. The Labute approximate surface area is 161 Å². The van der Waals surface area contributed by atoms with Gasteiger partial charge < -0.3 is 13.9 Å². The van der Waals surface area contributed by atoms with Gasteiger partial charge in [-0.05, 0) is 55.6 Å². The smallest absolute Gasteiger partial charge is 0.438 e. The van der Waals surface area contributed by atoms with E-state index in [0.717, 1.165) is 35.8 Å². The number of nitrogens with zero attached hydrogens (tertiary/aromatic N) is 3. The fourth-order valence-electron chi connectivity index (χ4n) is 2.78. The molecule has 0 aliphatic carbocycles. The van der Waals surface area contributed by atoms with Crippen molar-refractivity contribution in [3.63, 3.8) is 0 Å². The molecule has 0 atom stereocenters. The third kappa shape index (κ3) is 4.78. The molecule has 1 aromatic carbocycles. The zero-order chi connectivity index (χ0) is 19.2. The Kier molecular flexibility index (Phi) is 6.31. The predicted octanol–water partition coefficient (Wildman–Crippen LogP) is 3.10. The molecule has 0 aliphatic rings. The molecule has 3 rings (SSSR count). The average Bonchev–Trinajstić information content (AvgIpc) is 3.32. The number of hydrogen-bond acceptors (Lipinski definition) is 7. The molecule has 27 heavy (non-hydrogen) atoms. The fourth-order valence-corrected chi connectivity index (χ4v) is 3.43. The Morgan fingerprint density at radius 1 is 1.22 bits per heavy atom. The highest BCUT2D eigenvalue weighted by atomic mass is 32.1. The zero-order valence-electron chi connectivity index (χ0n) is 15.7. The lowest BCUT2D eigenvalue weighted by Crippen LogP contribution is -2.29. The Balaban J connectivity index is 1.53. The first-order valence-corrected chi connectivity index (χ1v) is 9.50. The molecule has 8 heteroatoms. The van der Waals surface area contributed by atoms with E-state index in [0.29, 0.717) is 12.6 Å². The number of benzene rings is 1. The lowest BCUT2D eigenvalue weighted by Gasteiger charge is -2.15. The second kappa shape index (κ2) is 8.88.